The molecule has 0 spiro atoms. The van der Waals surface area contributed by atoms with Crippen molar-refractivity contribution in [3.05, 3.63) is 36.0 Å². The van der Waals surface area contributed by atoms with Gasteiger partial charge in [0, 0.05) is 12.0 Å². The van der Waals surface area contributed by atoms with E-state index in [2.05, 4.69) is 12.7 Å². The zero-order valence-electron chi connectivity index (χ0n) is 12.4. The lowest BCUT2D eigenvalue weighted by atomic mass is 9.62. The molecule has 2 rings (SSSR count). The second kappa shape index (κ2) is 6.29. The fourth-order valence-corrected chi connectivity index (χ4v) is 3.34. The van der Waals surface area contributed by atoms with Crippen molar-refractivity contribution in [2.24, 2.45) is 11.3 Å². The average Bonchev–Trinajstić information content (AvgIpc) is 2.46. The van der Waals surface area contributed by atoms with E-state index in [0.29, 0.717) is 24.3 Å². The summed E-state index contributed by atoms with van der Waals surface area (Å²) in [5.74, 6) is -0.947. The summed E-state index contributed by atoms with van der Waals surface area (Å²) in [6.45, 7) is 5.23. The van der Waals surface area contributed by atoms with Crippen molar-refractivity contribution in [1.29, 1.82) is 0 Å². The maximum Gasteiger partial charge on any atom is 0.333 e. The molecule has 0 radical (unpaired) electrons. The van der Waals surface area contributed by atoms with Gasteiger partial charge < -0.3 is 9.84 Å². The Kier molecular flexibility index (Phi) is 4.66. The molecule has 1 N–H and O–H groups in total. The lowest BCUT2D eigenvalue weighted by Gasteiger charge is -2.41. The Hall–Kier alpha value is -1.84. The number of allylic oxidation sites excluding steroid dienone is 3. The van der Waals surface area contributed by atoms with E-state index in [4.69, 9.17) is 4.74 Å². The first-order valence-electron chi connectivity index (χ1n) is 7.40. The number of esters is 1. The lowest BCUT2D eigenvalue weighted by Crippen LogP contribution is -2.40. The van der Waals surface area contributed by atoms with Crippen molar-refractivity contribution >= 4 is 11.9 Å². The van der Waals surface area contributed by atoms with E-state index in [1.165, 1.54) is 0 Å². The Balaban J connectivity index is 2.14. The molecule has 0 aromatic carbocycles. The van der Waals surface area contributed by atoms with Crippen molar-refractivity contribution in [2.45, 2.75) is 39.0 Å². The number of hydrogen-bond donors (Lipinski definition) is 1. The van der Waals surface area contributed by atoms with Gasteiger partial charge in [0.05, 0.1) is 12.0 Å². The van der Waals surface area contributed by atoms with Gasteiger partial charge in [-0.1, -0.05) is 31.2 Å². The summed E-state index contributed by atoms with van der Waals surface area (Å²) in [6.07, 6.45) is 9.77. The summed E-state index contributed by atoms with van der Waals surface area (Å²) < 4.78 is 5.11. The number of carboxylic acid groups (broad SMARTS) is 1. The van der Waals surface area contributed by atoms with Crippen LogP contribution in [0.25, 0.3) is 0 Å². The van der Waals surface area contributed by atoms with Gasteiger partial charge in [-0.3, -0.25) is 4.79 Å². The molecule has 1 fully saturated rings. The van der Waals surface area contributed by atoms with Gasteiger partial charge in [-0.15, -0.1) is 0 Å². The zero-order chi connectivity index (χ0) is 15.5. The normalized spacial score (nSPS) is 27.5. The molecule has 0 amide bonds. The fraction of sp³-hybridized carbons (Fsp3) is 0.529. The van der Waals surface area contributed by atoms with E-state index in [0.717, 1.165) is 24.8 Å². The van der Waals surface area contributed by atoms with Gasteiger partial charge in [-0.25, -0.2) is 4.79 Å². The van der Waals surface area contributed by atoms with Crippen LogP contribution in [0.3, 0.4) is 0 Å². The minimum Gasteiger partial charge on any atom is -0.481 e. The van der Waals surface area contributed by atoms with E-state index >= 15 is 0 Å². The zero-order valence-corrected chi connectivity index (χ0v) is 12.4. The van der Waals surface area contributed by atoms with Crippen molar-refractivity contribution in [3.63, 3.8) is 0 Å². The van der Waals surface area contributed by atoms with Crippen molar-refractivity contribution in [1.82, 2.24) is 0 Å². The van der Waals surface area contributed by atoms with Crippen LogP contribution in [0.5, 0.6) is 0 Å². The SMILES string of the molecule is C=C(C)C(=O)OCCC1(C(=O)O)CCCC2CC=CC=C21. The van der Waals surface area contributed by atoms with Crippen LogP contribution in [0.15, 0.2) is 36.0 Å². The molecule has 0 bridgehead atoms. The third-order valence-electron chi connectivity index (χ3n) is 4.50. The van der Waals surface area contributed by atoms with E-state index in [9.17, 15) is 14.7 Å². The Labute approximate surface area is 125 Å². The molecular weight excluding hydrogens is 268 g/mol. The third kappa shape index (κ3) is 3.09. The Morgan fingerprint density at radius 3 is 2.95 bits per heavy atom. The smallest absolute Gasteiger partial charge is 0.333 e. The molecule has 4 heteroatoms. The van der Waals surface area contributed by atoms with Gasteiger partial charge in [0.1, 0.15) is 0 Å². The second-order valence-electron chi connectivity index (χ2n) is 5.93. The van der Waals surface area contributed by atoms with Crippen LogP contribution in [-0.4, -0.2) is 23.7 Å². The van der Waals surface area contributed by atoms with Crippen LogP contribution < -0.4 is 0 Å². The van der Waals surface area contributed by atoms with Crippen LogP contribution in [0, 0.1) is 11.3 Å². The quantitative estimate of drug-likeness (QED) is 0.623. The summed E-state index contributed by atoms with van der Waals surface area (Å²) in [6, 6.07) is 0. The highest BCUT2D eigenvalue weighted by Crippen LogP contribution is 2.49. The summed E-state index contributed by atoms with van der Waals surface area (Å²) in [5.41, 5.74) is 0.444. The maximum atomic E-state index is 11.9. The molecule has 114 valence electrons. The molecule has 4 nitrogen and oxygen atoms in total. The Bertz CT molecular complexity index is 515. The monoisotopic (exact) mass is 290 g/mol. The number of aliphatic carboxylic acids is 1. The van der Waals surface area contributed by atoms with Crippen LogP contribution in [-0.2, 0) is 14.3 Å². The predicted octanol–water partition coefficient (Wildman–Crippen LogP) is 3.25. The first-order chi connectivity index (χ1) is 9.97. The minimum absolute atomic E-state index is 0.117. The average molecular weight is 290 g/mol. The number of ether oxygens (including phenoxy) is 1. The number of carboxylic acids is 1. The second-order valence-corrected chi connectivity index (χ2v) is 5.93. The first kappa shape index (κ1) is 15.5. The molecule has 0 saturated heterocycles. The van der Waals surface area contributed by atoms with E-state index in [1.807, 2.05) is 12.2 Å². The first-order valence-corrected chi connectivity index (χ1v) is 7.40. The number of carbonyl (C=O) groups excluding carboxylic acids is 1. The van der Waals surface area contributed by atoms with Crippen molar-refractivity contribution < 1.29 is 19.4 Å². The molecule has 2 atom stereocenters. The molecule has 2 unspecified atom stereocenters. The van der Waals surface area contributed by atoms with Crippen LogP contribution in [0.2, 0.25) is 0 Å². The fourth-order valence-electron chi connectivity index (χ4n) is 3.34. The molecule has 0 aromatic rings. The van der Waals surface area contributed by atoms with Gasteiger partial charge in [0.2, 0.25) is 0 Å². The molecule has 2 aliphatic carbocycles. The van der Waals surface area contributed by atoms with Crippen LogP contribution >= 0.6 is 0 Å². The number of carbonyl (C=O) groups is 2. The molecule has 0 aliphatic heterocycles. The van der Waals surface area contributed by atoms with Gasteiger partial charge in [0.25, 0.3) is 0 Å². The largest absolute Gasteiger partial charge is 0.481 e. The van der Waals surface area contributed by atoms with Crippen molar-refractivity contribution in [3.8, 4) is 0 Å². The van der Waals surface area contributed by atoms with E-state index < -0.39 is 17.4 Å². The summed E-state index contributed by atoms with van der Waals surface area (Å²) in [5, 5.41) is 9.78. The van der Waals surface area contributed by atoms with Gasteiger partial charge in [-0.05, 0) is 37.7 Å². The van der Waals surface area contributed by atoms with Gasteiger partial charge >= 0.3 is 11.9 Å². The highest BCUT2D eigenvalue weighted by Gasteiger charge is 2.46. The molecular formula is C17H22O4. The van der Waals surface area contributed by atoms with E-state index in [1.54, 1.807) is 6.92 Å². The van der Waals surface area contributed by atoms with Gasteiger partial charge in [-0.2, -0.15) is 0 Å². The maximum absolute atomic E-state index is 11.9. The summed E-state index contributed by atoms with van der Waals surface area (Å²) >= 11 is 0. The van der Waals surface area contributed by atoms with Gasteiger partial charge in [0.15, 0.2) is 0 Å². The summed E-state index contributed by atoms with van der Waals surface area (Å²) in [7, 11) is 0. The van der Waals surface area contributed by atoms with Crippen molar-refractivity contribution in [2.75, 3.05) is 6.61 Å². The molecule has 1 saturated carbocycles. The highest BCUT2D eigenvalue weighted by atomic mass is 16.5. The Morgan fingerprint density at radius 2 is 2.29 bits per heavy atom. The Morgan fingerprint density at radius 1 is 1.52 bits per heavy atom. The number of fused-ring (bicyclic) bond motifs is 1. The summed E-state index contributed by atoms with van der Waals surface area (Å²) in [4.78, 5) is 23.4. The number of rotatable bonds is 5. The topological polar surface area (TPSA) is 63.6 Å². The van der Waals surface area contributed by atoms with Crippen LogP contribution in [0.1, 0.15) is 39.0 Å². The highest BCUT2D eigenvalue weighted by molar-refractivity contribution is 5.87. The standard InChI is InChI=1S/C17H22O4/c1-12(2)15(18)21-11-10-17(16(19)20)9-5-7-13-6-3-4-8-14(13)17/h3-4,8,13H,1,5-7,9-11H2,2H3,(H,19,20). The number of hydrogen-bond acceptors (Lipinski definition) is 3. The lowest BCUT2D eigenvalue weighted by molar-refractivity contribution is -0.151. The predicted molar refractivity (Wildman–Crippen MR) is 79.6 cm³/mol. The van der Waals surface area contributed by atoms with E-state index in [-0.39, 0.29) is 6.61 Å². The minimum atomic E-state index is -0.886. The molecule has 0 aromatic heterocycles. The molecule has 2 aliphatic rings. The molecule has 0 heterocycles. The van der Waals surface area contributed by atoms with Crippen LogP contribution in [0.4, 0.5) is 0 Å². The molecule has 21 heavy (non-hydrogen) atoms. The third-order valence-corrected chi connectivity index (χ3v) is 4.50.